The smallest absolute Gasteiger partial charge is 0.382 e. The van der Waals surface area contributed by atoms with Gasteiger partial charge < -0.3 is 15.3 Å². The zero-order chi connectivity index (χ0) is 17.3. The number of fused-ring (bicyclic) bond motifs is 1. The third-order valence-corrected chi connectivity index (χ3v) is 4.29. The van der Waals surface area contributed by atoms with Crippen molar-refractivity contribution in [1.29, 1.82) is 0 Å². The van der Waals surface area contributed by atoms with Gasteiger partial charge in [-0.15, -0.1) is 0 Å². The topological polar surface area (TPSA) is 52.6 Å². The van der Waals surface area contributed by atoms with Gasteiger partial charge in [-0.05, 0) is 24.3 Å². The summed E-state index contributed by atoms with van der Waals surface area (Å²) in [6.07, 6.45) is -6.71. The Kier molecular flexibility index (Phi) is 4.36. The number of benzene rings is 2. The molecule has 1 aliphatic heterocycles. The maximum absolute atomic E-state index is 12.8. The molecule has 2 aromatic rings. The highest BCUT2D eigenvalue weighted by Crippen LogP contribution is 2.31. The predicted octanol–water partition coefficient (Wildman–Crippen LogP) is 3.76. The van der Waals surface area contributed by atoms with Crippen LogP contribution in [0.2, 0.25) is 0 Å². The van der Waals surface area contributed by atoms with Gasteiger partial charge in [-0.2, -0.15) is 13.2 Å². The summed E-state index contributed by atoms with van der Waals surface area (Å²) in [5.74, 6) is 0. The number of nitrogens with zero attached hydrogens (tertiary/aromatic N) is 1. The largest absolute Gasteiger partial charge is 0.416 e. The molecule has 1 aliphatic rings. The molecule has 0 radical (unpaired) electrons. The third-order valence-electron chi connectivity index (χ3n) is 4.29. The lowest BCUT2D eigenvalue weighted by molar-refractivity contribution is -0.216. The predicted molar refractivity (Wildman–Crippen MR) is 84.8 cm³/mol. The summed E-state index contributed by atoms with van der Waals surface area (Å²) in [5, 5.41) is 13.9. The van der Waals surface area contributed by atoms with Gasteiger partial charge in [0.05, 0.1) is 11.7 Å². The zero-order valence-corrected chi connectivity index (χ0v) is 12.8. The van der Waals surface area contributed by atoms with Gasteiger partial charge in [0.2, 0.25) is 0 Å². The number of carbonyl (C=O) groups excluding carboxylic acids is 1. The van der Waals surface area contributed by atoms with Crippen molar-refractivity contribution >= 4 is 22.5 Å². The molecule has 7 heteroatoms. The second-order valence-electron chi connectivity index (χ2n) is 5.85. The van der Waals surface area contributed by atoms with Crippen molar-refractivity contribution in [2.75, 3.05) is 11.9 Å². The maximum Gasteiger partial charge on any atom is 0.416 e. The van der Waals surface area contributed by atoms with Gasteiger partial charge in [0, 0.05) is 11.9 Å². The molecule has 1 heterocycles. The number of alkyl halides is 3. The van der Waals surface area contributed by atoms with Crippen LogP contribution in [0.25, 0.3) is 10.8 Å². The minimum Gasteiger partial charge on any atom is -0.382 e. The number of hydrogen-bond donors (Lipinski definition) is 2. The molecule has 2 atom stereocenters. The Labute approximate surface area is 136 Å². The first-order valence-electron chi connectivity index (χ1n) is 7.68. The lowest BCUT2D eigenvalue weighted by Gasteiger charge is -2.30. The molecule has 3 rings (SSSR count). The molecule has 0 saturated carbocycles. The van der Waals surface area contributed by atoms with E-state index in [0.29, 0.717) is 12.1 Å². The van der Waals surface area contributed by atoms with Crippen LogP contribution in [0.3, 0.4) is 0 Å². The van der Waals surface area contributed by atoms with Crippen LogP contribution in [-0.4, -0.2) is 40.9 Å². The van der Waals surface area contributed by atoms with Crippen molar-refractivity contribution < 1.29 is 23.1 Å². The lowest BCUT2D eigenvalue weighted by Crippen LogP contribution is -2.50. The first-order valence-corrected chi connectivity index (χ1v) is 7.68. The Morgan fingerprint density at radius 1 is 1.21 bits per heavy atom. The zero-order valence-electron chi connectivity index (χ0n) is 12.8. The summed E-state index contributed by atoms with van der Waals surface area (Å²) in [5.41, 5.74) is 0.533. The van der Waals surface area contributed by atoms with Crippen molar-refractivity contribution in [1.82, 2.24) is 4.90 Å². The molecular formula is C17H17F3N2O2. The molecule has 2 N–H and O–H groups in total. The molecule has 0 unspecified atom stereocenters. The SMILES string of the molecule is O=C(Nc1cccc2ccccc12)N1CCC[C@@H]1[C@H](O)C(F)(F)F. The number of carbonyl (C=O) groups is 1. The number of urea groups is 1. The Morgan fingerprint density at radius 2 is 1.92 bits per heavy atom. The van der Waals surface area contributed by atoms with E-state index in [1.165, 1.54) is 0 Å². The summed E-state index contributed by atoms with van der Waals surface area (Å²) in [6.45, 7) is 0.189. The third kappa shape index (κ3) is 3.17. The molecule has 24 heavy (non-hydrogen) atoms. The molecule has 4 nitrogen and oxygen atoms in total. The monoisotopic (exact) mass is 338 g/mol. The van der Waals surface area contributed by atoms with Crippen LogP contribution >= 0.6 is 0 Å². The van der Waals surface area contributed by atoms with Crippen LogP contribution in [0.5, 0.6) is 0 Å². The van der Waals surface area contributed by atoms with Gasteiger partial charge in [-0.3, -0.25) is 0 Å². The summed E-state index contributed by atoms with van der Waals surface area (Å²) in [4.78, 5) is 13.5. The standard InChI is InChI=1S/C17H17F3N2O2/c18-17(19,20)15(23)14-9-4-10-22(14)16(24)21-13-8-3-6-11-5-1-2-7-12(11)13/h1-3,5-8,14-15,23H,4,9-10H2,(H,21,24)/t14-,15+/m1/s1. The Morgan fingerprint density at radius 3 is 2.67 bits per heavy atom. The minimum absolute atomic E-state index is 0.129. The van der Waals surface area contributed by atoms with E-state index in [4.69, 9.17) is 0 Å². The van der Waals surface area contributed by atoms with Crippen molar-refractivity contribution in [2.24, 2.45) is 0 Å². The number of rotatable bonds is 2. The van der Waals surface area contributed by atoms with Gasteiger partial charge in [-0.1, -0.05) is 36.4 Å². The molecule has 0 bridgehead atoms. The fraction of sp³-hybridized carbons (Fsp3) is 0.353. The van der Waals surface area contributed by atoms with E-state index >= 15 is 0 Å². The molecule has 0 aliphatic carbocycles. The van der Waals surface area contributed by atoms with E-state index in [2.05, 4.69) is 5.32 Å². The second kappa shape index (κ2) is 6.32. The van der Waals surface area contributed by atoms with Crippen molar-refractivity contribution in [2.45, 2.75) is 31.2 Å². The van der Waals surface area contributed by atoms with E-state index in [1.807, 2.05) is 30.3 Å². The highest BCUT2D eigenvalue weighted by molar-refractivity contribution is 6.01. The molecule has 2 aromatic carbocycles. The van der Waals surface area contributed by atoms with E-state index in [-0.39, 0.29) is 13.0 Å². The van der Waals surface area contributed by atoms with Gasteiger partial charge in [0.15, 0.2) is 6.10 Å². The number of halogens is 3. The van der Waals surface area contributed by atoms with E-state index in [0.717, 1.165) is 15.7 Å². The van der Waals surface area contributed by atoms with Gasteiger partial charge in [0.1, 0.15) is 0 Å². The van der Waals surface area contributed by atoms with Crippen LogP contribution in [0.1, 0.15) is 12.8 Å². The fourth-order valence-corrected chi connectivity index (χ4v) is 3.11. The van der Waals surface area contributed by atoms with E-state index in [1.54, 1.807) is 12.1 Å². The fourth-order valence-electron chi connectivity index (χ4n) is 3.11. The van der Waals surface area contributed by atoms with Crippen molar-refractivity contribution in [3.05, 3.63) is 42.5 Å². The highest BCUT2D eigenvalue weighted by atomic mass is 19.4. The van der Waals surface area contributed by atoms with Gasteiger partial charge >= 0.3 is 12.2 Å². The second-order valence-corrected chi connectivity index (χ2v) is 5.85. The molecule has 2 amide bonds. The molecule has 0 aromatic heterocycles. The summed E-state index contributed by atoms with van der Waals surface area (Å²) >= 11 is 0. The number of aliphatic hydroxyl groups excluding tert-OH is 1. The highest BCUT2D eigenvalue weighted by Gasteiger charge is 2.48. The number of amides is 2. The van der Waals surface area contributed by atoms with Gasteiger partial charge in [0.25, 0.3) is 0 Å². The average Bonchev–Trinajstić information content (AvgIpc) is 3.03. The van der Waals surface area contributed by atoms with Crippen LogP contribution in [0, 0.1) is 0 Å². The summed E-state index contributed by atoms with van der Waals surface area (Å²) in [7, 11) is 0. The normalized spacial score (nSPS) is 19.5. The molecule has 1 saturated heterocycles. The molecule has 128 valence electrons. The summed E-state index contributed by atoms with van der Waals surface area (Å²) in [6, 6.07) is 10.9. The first kappa shape index (κ1) is 16.6. The summed E-state index contributed by atoms with van der Waals surface area (Å²) < 4.78 is 38.3. The molecule has 1 fully saturated rings. The van der Waals surface area contributed by atoms with Crippen molar-refractivity contribution in [3.63, 3.8) is 0 Å². The van der Waals surface area contributed by atoms with E-state index in [9.17, 15) is 23.1 Å². The Bertz CT molecular complexity index is 743. The molecule has 0 spiro atoms. The first-order chi connectivity index (χ1) is 11.4. The van der Waals surface area contributed by atoms with Gasteiger partial charge in [-0.25, -0.2) is 4.79 Å². The number of likely N-dealkylation sites (tertiary alicyclic amines) is 1. The quantitative estimate of drug-likeness (QED) is 0.876. The number of hydrogen-bond acceptors (Lipinski definition) is 2. The van der Waals surface area contributed by atoms with Crippen LogP contribution in [-0.2, 0) is 0 Å². The van der Waals surface area contributed by atoms with Crippen molar-refractivity contribution in [3.8, 4) is 0 Å². The van der Waals surface area contributed by atoms with Crippen LogP contribution < -0.4 is 5.32 Å². The van der Waals surface area contributed by atoms with Crippen LogP contribution in [0.15, 0.2) is 42.5 Å². The maximum atomic E-state index is 12.8. The Balaban J connectivity index is 1.81. The minimum atomic E-state index is -4.74. The average molecular weight is 338 g/mol. The number of anilines is 1. The Hall–Kier alpha value is -2.28. The van der Waals surface area contributed by atoms with Crippen LogP contribution in [0.4, 0.5) is 23.7 Å². The molecular weight excluding hydrogens is 321 g/mol. The van der Waals surface area contributed by atoms with E-state index < -0.39 is 24.4 Å². The number of aliphatic hydroxyl groups is 1. The lowest BCUT2D eigenvalue weighted by atomic mass is 10.1. The number of nitrogens with one attached hydrogen (secondary N) is 1.